The summed E-state index contributed by atoms with van der Waals surface area (Å²) in [6.45, 7) is 2.36. The maximum Gasteiger partial charge on any atom is 0.389 e. The first-order valence-electron chi connectivity index (χ1n) is 4.67. The van der Waals surface area contributed by atoms with Crippen molar-refractivity contribution >= 4 is 9.04 Å². The Morgan fingerprint density at radius 2 is 2.08 bits per heavy atom. The molecule has 0 spiro atoms. The van der Waals surface area contributed by atoms with Gasteiger partial charge in [-0.15, -0.1) is 0 Å². The smallest absolute Gasteiger partial charge is 0.389 e. The molecule has 0 aromatic heterocycles. The van der Waals surface area contributed by atoms with Crippen LogP contribution in [0.25, 0.3) is 0 Å². The van der Waals surface area contributed by atoms with E-state index in [1.54, 1.807) is 6.92 Å². The highest BCUT2D eigenvalue weighted by Gasteiger charge is 2.35. The van der Waals surface area contributed by atoms with Gasteiger partial charge in [0.05, 0.1) is 0 Å². The molecule has 1 rings (SSSR count). The molecule has 2 unspecified atom stereocenters. The lowest BCUT2D eigenvalue weighted by Crippen LogP contribution is -2.30. The summed E-state index contributed by atoms with van der Waals surface area (Å²) in [5, 5.41) is 0. The first kappa shape index (κ1) is 11.0. The van der Waals surface area contributed by atoms with Crippen LogP contribution in [0.2, 0.25) is 11.6 Å². The molecule has 0 radical (unpaired) electrons. The maximum absolute atomic E-state index is 12.0. The minimum absolute atomic E-state index is 0.264. The standard InChI is InChI=1S/C8H15F3OSi/c1-7(6-8(9,10)11)13-5-3-2-4-12-13/h7,13H,2-6H2,1H3. The summed E-state index contributed by atoms with van der Waals surface area (Å²) in [6, 6.07) is 0.914. The van der Waals surface area contributed by atoms with Gasteiger partial charge in [0.15, 0.2) is 9.04 Å². The van der Waals surface area contributed by atoms with E-state index in [0.29, 0.717) is 6.61 Å². The normalized spacial score (nSPS) is 27.2. The maximum atomic E-state index is 12.0. The summed E-state index contributed by atoms with van der Waals surface area (Å²) in [4.78, 5) is 0. The van der Waals surface area contributed by atoms with E-state index in [4.69, 9.17) is 4.43 Å². The average Bonchev–Trinajstić information content (AvgIpc) is 2.03. The van der Waals surface area contributed by atoms with Crippen LogP contribution in [-0.2, 0) is 4.43 Å². The average molecular weight is 212 g/mol. The van der Waals surface area contributed by atoms with Crippen LogP contribution < -0.4 is 0 Å². The Morgan fingerprint density at radius 1 is 1.38 bits per heavy atom. The molecule has 1 saturated heterocycles. The number of hydrogen-bond acceptors (Lipinski definition) is 1. The zero-order chi connectivity index (χ0) is 9.90. The van der Waals surface area contributed by atoms with E-state index in [9.17, 15) is 13.2 Å². The molecule has 1 nitrogen and oxygen atoms in total. The minimum Gasteiger partial charge on any atom is -0.420 e. The van der Waals surface area contributed by atoms with Gasteiger partial charge in [0, 0.05) is 13.0 Å². The monoisotopic (exact) mass is 212 g/mol. The third kappa shape index (κ3) is 4.13. The zero-order valence-corrected chi connectivity index (χ0v) is 8.89. The van der Waals surface area contributed by atoms with Crippen molar-refractivity contribution in [1.82, 2.24) is 0 Å². The largest absolute Gasteiger partial charge is 0.420 e. The van der Waals surface area contributed by atoms with Gasteiger partial charge in [-0.05, 0) is 18.0 Å². The van der Waals surface area contributed by atoms with E-state index >= 15 is 0 Å². The molecule has 0 aliphatic carbocycles. The van der Waals surface area contributed by atoms with Crippen molar-refractivity contribution < 1.29 is 17.6 Å². The molecule has 0 saturated carbocycles. The van der Waals surface area contributed by atoms with Crippen molar-refractivity contribution in [3.05, 3.63) is 0 Å². The minimum atomic E-state index is -4.02. The quantitative estimate of drug-likeness (QED) is 0.639. The fourth-order valence-corrected chi connectivity index (χ4v) is 4.47. The summed E-state index contributed by atoms with van der Waals surface area (Å²) in [5.41, 5.74) is -0.264. The van der Waals surface area contributed by atoms with Crippen LogP contribution in [0.3, 0.4) is 0 Å². The topological polar surface area (TPSA) is 9.23 Å². The van der Waals surface area contributed by atoms with Gasteiger partial charge in [0.25, 0.3) is 0 Å². The Hall–Kier alpha value is -0.0331. The van der Waals surface area contributed by atoms with Crippen LogP contribution in [0, 0.1) is 0 Å². The summed E-state index contributed by atoms with van der Waals surface area (Å²) >= 11 is 0. The van der Waals surface area contributed by atoms with Gasteiger partial charge in [0.2, 0.25) is 0 Å². The Balaban J connectivity index is 2.33. The van der Waals surface area contributed by atoms with Crippen LogP contribution >= 0.6 is 0 Å². The summed E-state index contributed by atoms with van der Waals surface area (Å²) in [5.74, 6) is 0. The summed E-state index contributed by atoms with van der Waals surface area (Å²) < 4.78 is 41.5. The van der Waals surface area contributed by atoms with Gasteiger partial charge < -0.3 is 4.43 Å². The van der Waals surface area contributed by atoms with Crippen molar-refractivity contribution in [3.8, 4) is 0 Å². The molecule has 0 aromatic rings. The molecule has 78 valence electrons. The molecule has 0 N–H and O–H groups in total. The van der Waals surface area contributed by atoms with Crippen LogP contribution in [0.1, 0.15) is 26.2 Å². The second kappa shape index (κ2) is 4.46. The van der Waals surface area contributed by atoms with E-state index < -0.39 is 21.6 Å². The van der Waals surface area contributed by atoms with E-state index in [0.717, 1.165) is 18.9 Å². The molecular weight excluding hydrogens is 197 g/mol. The van der Waals surface area contributed by atoms with E-state index in [2.05, 4.69) is 0 Å². The zero-order valence-electron chi connectivity index (χ0n) is 7.73. The molecule has 1 heterocycles. The Bertz CT molecular complexity index is 154. The van der Waals surface area contributed by atoms with Crippen molar-refractivity contribution in [3.63, 3.8) is 0 Å². The summed E-state index contributed by atoms with van der Waals surface area (Å²) in [7, 11) is -1.54. The molecule has 5 heteroatoms. The molecule has 1 aliphatic heterocycles. The van der Waals surface area contributed by atoms with Crippen molar-refractivity contribution in [1.29, 1.82) is 0 Å². The molecule has 0 amide bonds. The number of hydrogen-bond donors (Lipinski definition) is 0. The van der Waals surface area contributed by atoms with Gasteiger partial charge >= 0.3 is 6.18 Å². The lowest BCUT2D eigenvalue weighted by molar-refractivity contribution is -0.135. The van der Waals surface area contributed by atoms with Gasteiger partial charge in [-0.25, -0.2) is 0 Å². The van der Waals surface area contributed by atoms with Gasteiger partial charge in [-0.2, -0.15) is 13.2 Å². The van der Waals surface area contributed by atoms with E-state index in [1.807, 2.05) is 0 Å². The van der Waals surface area contributed by atoms with Crippen LogP contribution in [0.15, 0.2) is 0 Å². The summed E-state index contributed by atoms with van der Waals surface area (Å²) in [6.07, 6.45) is -2.61. The predicted molar refractivity (Wildman–Crippen MR) is 47.2 cm³/mol. The Labute approximate surface area is 78.0 Å². The molecule has 0 aromatic carbocycles. The van der Waals surface area contributed by atoms with E-state index in [-0.39, 0.29) is 5.54 Å². The van der Waals surface area contributed by atoms with Crippen molar-refractivity contribution in [2.45, 2.75) is 43.9 Å². The third-order valence-corrected chi connectivity index (χ3v) is 5.55. The second-order valence-electron chi connectivity index (χ2n) is 3.70. The lowest BCUT2D eigenvalue weighted by atomic mass is 10.3. The van der Waals surface area contributed by atoms with Crippen LogP contribution in [0.5, 0.6) is 0 Å². The van der Waals surface area contributed by atoms with Crippen LogP contribution in [0.4, 0.5) is 13.2 Å². The SMILES string of the molecule is CC(CC(F)(F)F)[SiH]1CCCCO1. The van der Waals surface area contributed by atoms with Crippen molar-refractivity contribution in [2.75, 3.05) is 6.61 Å². The Morgan fingerprint density at radius 3 is 2.54 bits per heavy atom. The molecular formula is C8H15F3OSi. The highest BCUT2D eigenvalue weighted by atomic mass is 28.3. The van der Waals surface area contributed by atoms with Gasteiger partial charge in [-0.1, -0.05) is 13.3 Å². The number of halogens is 3. The second-order valence-corrected chi connectivity index (χ2v) is 6.83. The first-order valence-corrected chi connectivity index (χ1v) is 6.63. The number of rotatable bonds is 2. The van der Waals surface area contributed by atoms with Crippen molar-refractivity contribution in [2.24, 2.45) is 0 Å². The van der Waals surface area contributed by atoms with Gasteiger partial charge in [0.1, 0.15) is 0 Å². The molecule has 13 heavy (non-hydrogen) atoms. The predicted octanol–water partition coefficient (Wildman–Crippen LogP) is 2.86. The van der Waals surface area contributed by atoms with Gasteiger partial charge in [-0.3, -0.25) is 0 Å². The Kier molecular flexibility index (Phi) is 3.79. The third-order valence-electron chi connectivity index (χ3n) is 2.40. The highest BCUT2D eigenvalue weighted by Crippen LogP contribution is 2.32. The lowest BCUT2D eigenvalue weighted by Gasteiger charge is -2.27. The fraction of sp³-hybridized carbons (Fsp3) is 1.00. The molecule has 2 atom stereocenters. The fourth-order valence-electron chi connectivity index (χ4n) is 1.71. The number of alkyl halides is 3. The van der Waals surface area contributed by atoms with Crippen LogP contribution in [-0.4, -0.2) is 21.8 Å². The molecule has 1 aliphatic rings. The molecule has 1 fully saturated rings. The van der Waals surface area contributed by atoms with E-state index in [1.165, 1.54) is 0 Å². The first-order chi connectivity index (χ1) is 5.99. The highest BCUT2D eigenvalue weighted by molar-refractivity contribution is 6.53. The molecule has 0 bridgehead atoms.